The predicted molar refractivity (Wildman–Crippen MR) is 122 cm³/mol. The number of carbonyl (C=O) groups excluding carboxylic acids is 1. The summed E-state index contributed by atoms with van der Waals surface area (Å²) in [6.07, 6.45) is 1.26. The number of rotatable bonds is 6. The number of hydrogen-bond donors (Lipinski definition) is 2. The highest BCUT2D eigenvalue weighted by Crippen LogP contribution is 2.32. The zero-order valence-corrected chi connectivity index (χ0v) is 17.6. The summed E-state index contributed by atoms with van der Waals surface area (Å²) in [6, 6.07) is 17.0. The van der Waals surface area contributed by atoms with Gasteiger partial charge in [-0.2, -0.15) is 0 Å². The summed E-state index contributed by atoms with van der Waals surface area (Å²) in [5.41, 5.74) is 7.37. The summed E-state index contributed by atoms with van der Waals surface area (Å²) in [6.45, 7) is 4.48. The quantitative estimate of drug-likeness (QED) is 0.450. The van der Waals surface area contributed by atoms with Gasteiger partial charge in [-0.3, -0.25) is 25.8 Å². The molecule has 0 unspecified atom stereocenters. The molecule has 1 aliphatic rings. The van der Waals surface area contributed by atoms with Gasteiger partial charge in [-0.15, -0.1) is 0 Å². The first-order valence-electron chi connectivity index (χ1n) is 10.2. The largest absolute Gasteiger partial charge is 0.368 e. The molecule has 0 atom stereocenters. The Morgan fingerprint density at radius 1 is 0.969 bits per heavy atom. The second-order valence-electron chi connectivity index (χ2n) is 7.41. The maximum atomic E-state index is 12.4. The van der Waals surface area contributed by atoms with Crippen molar-refractivity contribution in [2.75, 3.05) is 41.4 Å². The molecule has 0 spiro atoms. The van der Waals surface area contributed by atoms with Crippen molar-refractivity contribution in [1.82, 2.24) is 15.4 Å². The average Bonchev–Trinajstić information content (AvgIpc) is 2.83. The van der Waals surface area contributed by atoms with Crippen LogP contribution >= 0.6 is 0 Å². The van der Waals surface area contributed by atoms with Crippen LogP contribution < -0.4 is 20.7 Å². The molecule has 1 saturated heterocycles. The molecule has 0 radical (unpaired) electrons. The third-order valence-electron chi connectivity index (χ3n) is 5.29. The first kappa shape index (κ1) is 21.0. The normalized spacial score (nSPS) is 13.5. The van der Waals surface area contributed by atoms with E-state index in [9.17, 15) is 14.9 Å². The van der Waals surface area contributed by atoms with Crippen molar-refractivity contribution >= 4 is 28.9 Å². The van der Waals surface area contributed by atoms with E-state index in [1.165, 1.54) is 6.33 Å². The van der Waals surface area contributed by atoms with Gasteiger partial charge in [-0.25, -0.2) is 9.97 Å². The number of nitrogens with zero attached hydrogens (tertiary/aromatic N) is 5. The smallest absolute Gasteiger partial charge is 0.355 e. The summed E-state index contributed by atoms with van der Waals surface area (Å²) < 4.78 is 0. The van der Waals surface area contributed by atoms with E-state index in [1.54, 1.807) is 12.1 Å². The lowest BCUT2D eigenvalue weighted by Gasteiger charge is -2.36. The predicted octanol–water partition coefficient (Wildman–Crippen LogP) is 2.78. The minimum Gasteiger partial charge on any atom is -0.368 e. The number of piperazine rings is 1. The van der Waals surface area contributed by atoms with E-state index in [0.717, 1.165) is 11.3 Å². The molecule has 0 saturated carbocycles. The number of nitrogens with one attached hydrogen (secondary N) is 2. The minimum atomic E-state index is -0.529. The maximum absolute atomic E-state index is 12.4. The number of amides is 1. The van der Waals surface area contributed by atoms with Gasteiger partial charge in [-0.05, 0) is 31.2 Å². The van der Waals surface area contributed by atoms with Crippen LogP contribution in [0, 0.1) is 17.0 Å². The summed E-state index contributed by atoms with van der Waals surface area (Å²) in [5.74, 6) is -0.258. The molecule has 1 amide bonds. The molecule has 3 aromatic rings. The zero-order valence-electron chi connectivity index (χ0n) is 17.6. The van der Waals surface area contributed by atoms with Crippen LogP contribution in [-0.4, -0.2) is 47.0 Å². The fourth-order valence-corrected chi connectivity index (χ4v) is 3.57. The van der Waals surface area contributed by atoms with E-state index in [-0.39, 0.29) is 17.3 Å². The molecule has 10 nitrogen and oxygen atoms in total. The van der Waals surface area contributed by atoms with Gasteiger partial charge >= 0.3 is 5.69 Å². The van der Waals surface area contributed by atoms with E-state index < -0.39 is 10.8 Å². The van der Waals surface area contributed by atoms with Gasteiger partial charge in [-0.1, -0.05) is 35.9 Å². The average molecular weight is 433 g/mol. The van der Waals surface area contributed by atoms with Crippen LogP contribution in [0.4, 0.5) is 23.0 Å². The van der Waals surface area contributed by atoms with E-state index in [0.29, 0.717) is 31.7 Å². The summed E-state index contributed by atoms with van der Waals surface area (Å²) in [7, 11) is 0. The Labute approximate surface area is 185 Å². The van der Waals surface area contributed by atoms with Crippen molar-refractivity contribution in [2.45, 2.75) is 6.92 Å². The van der Waals surface area contributed by atoms with Crippen molar-refractivity contribution in [1.29, 1.82) is 0 Å². The highest BCUT2D eigenvalue weighted by atomic mass is 16.6. The summed E-state index contributed by atoms with van der Waals surface area (Å²) >= 11 is 0. The number of anilines is 3. The van der Waals surface area contributed by atoms with Crippen molar-refractivity contribution in [3.63, 3.8) is 0 Å². The molecular weight excluding hydrogens is 410 g/mol. The zero-order chi connectivity index (χ0) is 22.5. The molecule has 2 heterocycles. The first-order chi connectivity index (χ1) is 15.5. The lowest BCUT2D eigenvalue weighted by molar-refractivity contribution is -0.383. The van der Waals surface area contributed by atoms with Gasteiger partial charge in [0.2, 0.25) is 11.6 Å². The van der Waals surface area contributed by atoms with Crippen LogP contribution in [0.1, 0.15) is 15.9 Å². The SMILES string of the molecule is Cc1ccc(C(=O)NNc2ncnc(N3CCN(c4ccccc4)CC3)c2[N+](=O)[O-])cc1. The van der Waals surface area contributed by atoms with Crippen molar-refractivity contribution in [3.05, 3.63) is 82.2 Å². The lowest BCUT2D eigenvalue weighted by Crippen LogP contribution is -2.47. The second kappa shape index (κ2) is 9.29. The number of hydrazine groups is 1. The summed E-state index contributed by atoms with van der Waals surface area (Å²) in [4.78, 5) is 36.0. The maximum Gasteiger partial charge on any atom is 0.355 e. The summed E-state index contributed by atoms with van der Waals surface area (Å²) in [5, 5.41) is 11.9. The van der Waals surface area contributed by atoms with Gasteiger partial charge in [0.15, 0.2) is 0 Å². The standard InChI is InChI=1S/C22H23N7O3/c1-16-7-9-17(10-8-16)22(30)26-25-20-19(29(31)32)21(24-15-23-20)28-13-11-27(12-14-28)18-5-3-2-4-6-18/h2-10,15H,11-14H2,1H3,(H,26,30)(H,23,24,25). The number of aryl methyl sites for hydroxylation is 1. The van der Waals surface area contributed by atoms with Crippen molar-refractivity contribution in [2.24, 2.45) is 0 Å². The Morgan fingerprint density at radius 2 is 1.62 bits per heavy atom. The Bertz CT molecular complexity index is 1100. The monoisotopic (exact) mass is 433 g/mol. The molecule has 2 aromatic carbocycles. The van der Waals surface area contributed by atoms with Crippen molar-refractivity contribution < 1.29 is 9.72 Å². The van der Waals surface area contributed by atoms with E-state index in [4.69, 9.17) is 0 Å². The fourth-order valence-electron chi connectivity index (χ4n) is 3.57. The topological polar surface area (TPSA) is 117 Å². The van der Waals surface area contributed by atoms with Crippen LogP contribution in [0.25, 0.3) is 0 Å². The molecule has 10 heteroatoms. The van der Waals surface area contributed by atoms with Gasteiger partial charge in [0.25, 0.3) is 5.91 Å². The van der Waals surface area contributed by atoms with Gasteiger partial charge in [0.05, 0.1) is 4.92 Å². The third-order valence-corrected chi connectivity index (χ3v) is 5.29. The Kier molecular flexibility index (Phi) is 6.11. The van der Waals surface area contributed by atoms with Gasteiger partial charge < -0.3 is 9.80 Å². The highest BCUT2D eigenvalue weighted by Gasteiger charge is 2.29. The lowest BCUT2D eigenvalue weighted by atomic mass is 10.1. The molecular formula is C22H23N7O3. The number of para-hydroxylation sites is 1. The van der Waals surface area contributed by atoms with E-state index in [2.05, 4.69) is 25.7 Å². The van der Waals surface area contributed by atoms with Crippen LogP contribution in [0.3, 0.4) is 0 Å². The van der Waals surface area contributed by atoms with E-state index in [1.807, 2.05) is 54.3 Å². The minimum absolute atomic E-state index is 0.0639. The first-order valence-corrected chi connectivity index (χ1v) is 10.2. The molecule has 1 aliphatic heterocycles. The molecule has 164 valence electrons. The molecule has 2 N–H and O–H groups in total. The van der Waals surface area contributed by atoms with Crippen LogP contribution in [0.5, 0.6) is 0 Å². The molecule has 32 heavy (non-hydrogen) atoms. The van der Waals surface area contributed by atoms with Crippen LogP contribution in [-0.2, 0) is 0 Å². The Morgan fingerprint density at radius 3 is 2.28 bits per heavy atom. The van der Waals surface area contributed by atoms with Crippen molar-refractivity contribution in [3.8, 4) is 0 Å². The number of benzene rings is 2. The molecule has 0 aliphatic carbocycles. The fraction of sp³-hybridized carbons (Fsp3) is 0.227. The van der Waals surface area contributed by atoms with Crippen LogP contribution in [0.15, 0.2) is 60.9 Å². The van der Waals surface area contributed by atoms with E-state index >= 15 is 0 Å². The molecule has 4 rings (SSSR count). The number of carbonyl (C=O) groups is 1. The molecule has 0 bridgehead atoms. The Hall–Kier alpha value is -4.21. The Balaban J connectivity index is 1.48. The molecule has 1 aromatic heterocycles. The third kappa shape index (κ3) is 4.59. The number of hydrogen-bond acceptors (Lipinski definition) is 8. The second-order valence-corrected chi connectivity index (χ2v) is 7.41. The van der Waals surface area contributed by atoms with Gasteiger partial charge in [0.1, 0.15) is 6.33 Å². The van der Waals surface area contributed by atoms with Gasteiger partial charge in [0, 0.05) is 37.4 Å². The highest BCUT2D eigenvalue weighted by molar-refractivity contribution is 5.95. The van der Waals surface area contributed by atoms with Crippen LogP contribution in [0.2, 0.25) is 0 Å². The number of nitro groups is 1. The molecule has 1 fully saturated rings. The number of aromatic nitrogens is 2.